The summed E-state index contributed by atoms with van der Waals surface area (Å²) >= 11 is 0. The lowest BCUT2D eigenvalue weighted by molar-refractivity contribution is 0.0572. The number of allylic oxidation sites excluding steroid dienone is 4. The fourth-order valence-electron chi connectivity index (χ4n) is 4.18. The molecule has 0 spiro atoms. The fraction of sp³-hybridized carbons (Fsp3) is 0.296. The molecule has 1 aliphatic carbocycles. The molecule has 1 saturated carbocycles. The summed E-state index contributed by atoms with van der Waals surface area (Å²) in [7, 11) is 0. The lowest BCUT2D eigenvalue weighted by Crippen LogP contribution is -2.48. The van der Waals surface area contributed by atoms with Crippen molar-refractivity contribution in [2.45, 2.75) is 38.0 Å². The summed E-state index contributed by atoms with van der Waals surface area (Å²) in [6.45, 7) is 1.36. The third-order valence-electron chi connectivity index (χ3n) is 5.96. The van der Waals surface area contributed by atoms with Crippen LogP contribution in [0.4, 0.5) is 0 Å². The summed E-state index contributed by atoms with van der Waals surface area (Å²) in [5, 5.41) is 13.5. The van der Waals surface area contributed by atoms with Crippen molar-refractivity contribution in [3.8, 4) is 5.75 Å². The SMILES string of the molecule is O=C(NC1CC(CN2C=CC=CC=C2)CCC1O)c1ccc(OCc2ccccc2)cc1. The minimum atomic E-state index is -0.513. The Kier molecular flexibility index (Phi) is 7.41. The van der Waals surface area contributed by atoms with Crippen LogP contribution in [0, 0.1) is 5.92 Å². The largest absolute Gasteiger partial charge is 0.489 e. The minimum Gasteiger partial charge on any atom is -0.489 e. The van der Waals surface area contributed by atoms with E-state index >= 15 is 0 Å². The summed E-state index contributed by atoms with van der Waals surface area (Å²) in [4.78, 5) is 14.9. The molecule has 3 unspecified atom stereocenters. The number of benzene rings is 2. The highest BCUT2D eigenvalue weighted by Gasteiger charge is 2.31. The molecule has 4 rings (SSSR count). The summed E-state index contributed by atoms with van der Waals surface area (Å²) in [6, 6.07) is 16.9. The number of nitrogens with one attached hydrogen (secondary N) is 1. The van der Waals surface area contributed by atoms with Gasteiger partial charge in [-0.2, -0.15) is 0 Å². The predicted octanol–water partition coefficient (Wildman–Crippen LogP) is 4.42. The number of carbonyl (C=O) groups excluding carboxylic acids is 1. The van der Waals surface area contributed by atoms with Gasteiger partial charge in [0.15, 0.2) is 0 Å². The average molecular weight is 431 g/mol. The topological polar surface area (TPSA) is 61.8 Å². The van der Waals surface area contributed by atoms with Crippen molar-refractivity contribution in [3.05, 3.63) is 102 Å². The van der Waals surface area contributed by atoms with Gasteiger partial charge in [-0.05, 0) is 67.2 Å². The van der Waals surface area contributed by atoms with Gasteiger partial charge in [0.2, 0.25) is 0 Å². The lowest BCUT2D eigenvalue weighted by atomic mass is 9.83. The Morgan fingerprint density at radius 2 is 1.69 bits per heavy atom. The van der Waals surface area contributed by atoms with Gasteiger partial charge in [-0.25, -0.2) is 0 Å². The zero-order chi connectivity index (χ0) is 22.2. The normalized spacial score (nSPS) is 22.4. The molecule has 2 aromatic carbocycles. The molecule has 166 valence electrons. The van der Waals surface area contributed by atoms with Crippen LogP contribution in [0.1, 0.15) is 35.2 Å². The first-order valence-corrected chi connectivity index (χ1v) is 11.2. The van der Waals surface area contributed by atoms with E-state index in [4.69, 9.17) is 4.74 Å². The molecule has 0 bridgehead atoms. The molecule has 1 heterocycles. The third kappa shape index (κ3) is 6.11. The Morgan fingerprint density at radius 1 is 0.969 bits per heavy atom. The number of nitrogens with zero attached hydrogens (tertiary/aromatic N) is 1. The Balaban J connectivity index is 1.29. The van der Waals surface area contributed by atoms with Crippen LogP contribution in [0.3, 0.4) is 0 Å². The Labute approximate surface area is 189 Å². The van der Waals surface area contributed by atoms with E-state index in [9.17, 15) is 9.90 Å². The van der Waals surface area contributed by atoms with Crippen LogP contribution in [0.15, 0.2) is 91.3 Å². The van der Waals surface area contributed by atoms with Gasteiger partial charge in [0, 0.05) is 24.5 Å². The van der Waals surface area contributed by atoms with E-state index in [0.717, 1.165) is 30.7 Å². The van der Waals surface area contributed by atoms with Crippen molar-refractivity contribution in [2.75, 3.05) is 6.54 Å². The van der Waals surface area contributed by atoms with Crippen molar-refractivity contribution in [2.24, 2.45) is 5.92 Å². The summed E-state index contributed by atoms with van der Waals surface area (Å²) in [5.41, 5.74) is 1.66. The van der Waals surface area contributed by atoms with Crippen molar-refractivity contribution in [1.29, 1.82) is 0 Å². The van der Waals surface area contributed by atoms with Crippen LogP contribution in [0.5, 0.6) is 5.75 Å². The predicted molar refractivity (Wildman–Crippen MR) is 126 cm³/mol. The molecule has 2 aliphatic rings. The molecule has 5 heteroatoms. The third-order valence-corrected chi connectivity index (χ3v) is 5.96. The Hall–Kier alpha value is -3.31. The number of aliphatic hydroxyl groups is 1. The van der Waals surface area contributed by atoms with Crippen LogP contribution in [-0.2, 0) is 6.61 Å². The molecule has 32 heavy (non-hydrogen) atoms. The number of ether oxygens (including phenoxy) is 1. The van der Waals surface area contributed by atoms with E-state index in [1.54, 1.807) is 12.1 Å². The molecule has 3 atom stereocenters. The van der Waals surface area contributed by atoms with Crippen LogP contribution < -0.4 is 10.1 Å². The smallest absolute Gasteiger partial charge is 0.251 e. The molecule has 2 N–H and O–H groups in total. The Bertz CT molecular complexity index is 950. The lowest BCUT2D eigenvalue weighted by Gasteiger charge is -2.35. The number of hydrogen-bond acceptors (Lipinski definition) is 4. The highest BCUT2D eigenvalue weighted by Crippen LogP contribution is 2.26. The summed E-state index contributed by atoms with van der Waals surface area (Å²) in [6.07, 6.45) is 14.0. The van der Waals surface area contributed by atoms with Gasteiger partial charge >= 0.3 is 0 Å². The molecular formula is C27H30N2O3. The van der Waals surface area contributed by atoms with E-state index in [0.29, 0.717) is 24.5 Å². The quantitative estimate of drug-likeness (QED) is 0.683. The Morgan fingerprint density at radius 3 is 2.41 bits per heavy atom. The zero-order valence-corrected chi connectivity index (χ0v) is 18.1. The zero-order valence-electron chi connectivity index (χ0n) is 18.1. The minimum absolute atomic E-state index is 0.164. The number of hydrogen-bond donors (Lipinski definition) is 2. The maximum atomic E-state index is 12.8. The van der Waals surface area contributed by atoms with Crippen LogP contribution in [0.25, 0.3) is 0 Å². The molecule has 1 amide bonds. The second-order valence-electron chi connectivity index (χ2n) is 8.39. The van der Waals surface area contributed by atoms with Gasteiger partial charge in [-0.3, -0.25) is 4.79 Å². The number of aliphatic hydroxyl groups excluding tert-OH is 1. The number of amides is 1. The van der Waals surface area contributed by atoms with E-state index in [-0.39, 0.29) is 11.9 Å². The van der Waals surface area contributed by atoms with Gasteiger partial charge < -0.3 is 20.1 Å². The number of carbonyl (C=O) groups is 1. The van der Waals surface area contributed by atoms with Gasteiger partial charge in [-0.1, -0.05) is 42.5 Å². The standard InChI is InChI=1S/C27H30N2O3/c30-26-15-10-22(19-29-16-6-1-2-7-17-29)18-25(26)28-27(31)23-11-13-24(14-12-23)32-20-21-8-4-3-5-9-21/h1-9,11-14,16-17,22,25-26,30H,10,15,18-20H2,(H,28,31). The van der Waals surface area contributed by atoms with Crippen LogP contribution in [0.2, 0.25) is 0 Å². The molecular weight excluding hydrogens is 400 g/mol. The van der Waals surface area contributed by atoms with Crippen LogP contribution in [-0.4, -0.2) is 34.6 Å². The molecule has 2 aromatic rings. The van der Waals surface area contributed by atoms with E-state index in [2.05, 4.69) is 22.6 Å². The van der Waals surface area contributed by atoms with E-state index in [1.807, 2.05) is 66.8 Å². The van der Waals surface area contributed by atoms with Crippen molar-refractivity contribution >= 4 is 5.91 Å². The van der Waals surface area contributed by atoms with E-state index < -0.39 is 6.10 Å². The summed E-state index contributed by atoms with van der Waals surface area (Å²) in [5.74, 6) is 0.962. The van der Waals surface area contributed by atoms with Crippen molar-refractivity contribution in [1.82, 2.24) is 10.2 Å². The first-order valence-electron chi connectivity index (χ1n) is 11.2. The molecule has 0 radical (unpaired) electrons. The first-order chi connectivity index (χ1) is 15.7. The highest BCUT2D eigenvalue weighted by molar-refractivity contribution is 5.94. The molecule has 1 aliphatic heterocycles. The molecule has 1 fully saturated rings. The molecule has 0 aromatic heterocycles. The monoisotopic (exact) mass is 430 g/mol. The van der Waals surface area contributed by atoms with Gasteiger partial charge in [0.1, 0.15) is 12.4 Å². The maximum Gasteiger partial charge on any atom is 0.251 e. The summed E-state index contributed by atoms with van der Waals surface area (Å²) < 4.78 is 5.80. The van der Waals surface area contributed by atoms with Crippen molar-refractivity contribution < 1.29 is 14.6 Å². The van der Waals surface area contributed by atoms with E-state index in [1.165, 1.54) is 0 Å². The fourth-order valence-corrected chi connectivity index (χ4v) is 4.18. The maximum absolute atomic E-state index is 12.8. The van der Waals surface area contributed by atoms with Gasteiger partial charge in [-0.15, -0.1) is 0 Å². The van der Waals surface area contributed by atoms with Crippen LogP contribution >= 0.6 is 0 Å². The highest BCUT2D eigenvalue weighted by atomic mass is 16.5. The second-order valence-corrected chi connectivity index (χ2v) is 8.39. The van der Waals surface area contributed by atoms with Crippen molar-refractivity contribution in [3.63, 3.8) is 0 Å². The number of rotatable bonds is 7. The first kappa shape index (κ1) is 21.9. The second kappa shape index (κ2) is 10.8. The van der Waals surface area contributed by atoms with Gasteiger partial charge in [0.05, 0.1) is 12.1 Å². The average Bonchev–Trinajstić information content (AvgIpc) is 3.09. The molecule has 5 nitrogen and oxygen atoms in total. The van der Waals surface area contributed by atoms with Gasteiger partial charge in [0.25, 0.3) is 5.91 Å². The molecule has 0 saturated heterocycles.